The van der Waals surface area contributed by atoms with Crippen molar-refractivity contribution in [2.75, 3.05) is 0 Å². The second kappa shape index (κ2) is 5.65. The molecule has 1 aromatic carbocycles. The molecule has 22 heavy (non-hydrogen) atoms. The van der Waals surface area contributed by atoms with Crippen molar-refractivity contribution >= 4 is 17.2 Å². The summed E-state index contributed by atoms with van der Waals surface area (Å²) in [4.78, 5) is 13.1. The Kier molecular flexibility index (Phi) is 3.83. The summed E-state index contributed by atoms with van der Waals surface area (Å²) < 4.78 is 0. The van der Waals surface area contributed by atoms with Crippen molar-refractivity contribution in [1.82, 2.24) is 15.0 Å². The van der Waals surface area contributed by atoms with Crippen molar-refractivity contribution < 1.29 is 0 Å². The van der Waals surface area contributed by atoms with Gasteiger partial charge < -0.3 is 0 Å². The van der Waals surface area contributed by atoms with E-state index in [1.807, 2.05) is 24.3 Å². The number of hydrogen-bond donors (Lipinski definition) is 0. The SMILES string of the molecule is Cc1ccc(-c2nc(Cl)nc(C3=CCC(C)(C)C=C3)n2)cc1. The van der Waals surface area contributed by atoms with Gasteiger partial charge in [0.25, 0.3) is 0 Å². The van der Waals surface area contributed by atoms with Gasteiger partial charge in [-0.15, -0.1) is 0 Å². The van der Waals surface area contributed by atoms with Gasteiger partial charge in [-0.05, 0) is 30.4 Å². The first kappa shape index (κ1) is 14.9. The minimum Gasteiger partial charge on any atom is -0.208 e. The smallest absolute Gasteiger partial charge is 0.208 e. The predicted molar refractivity (Wildman–Crippen MR) is 90.5 cm³/mol. The van der Waals surface area contributed by atoms with E-state index in [4.69, 9.17) is 11.6 Å². The molecular weight excluding hydrogens is 294 g/mol. The Morgan fingerprint density at radius 1 is 1.00 bits per heavy atom. The van der Waals surface area contributed by atoms with Crippen molar-refractivity contribution in [3.8, 4) is 11.4 Å². The van der Waals surface area contributed by atoms with Crippen LogP contribution in [-0.4, -0.2) is 15.0 Å². The molecule has 0 bridgehead atoms. The van der Waals surface area contributed by atoms with E-state index in [2.05, 4.69) is 54.0 Å². The highest BCUT2D eigenvalue weighted by Gasteiger charge is 2.18. The second-order valence-electron chi connectivity index (χ2n) is 6.30. The summed E-state index contributed by atoms with van der Waals surface area (Å²) in [5.41, 5.74) is 3.32. The van der Waals surface area contributed by atoms with Gasteiger partial charge in [-0.1, -0.05) is 61.9 Å². The zero-order chi connectivity index (χ0) is 15.7. The lowest BCUT2D eigenvalue weighted by atomic mass is 9.84. The molecule has 1 aromatic heterocycles. The molecule has 0 fully saturated rings. The van der Waals surface area contributed by atoms with Gasteiger partial charge in [0.1, 0.15) is 0 Å². The number of benzene rings is 1. The average Bonchev–Trinajstić information content (AvgIpc) is 2.47. The van der Waals surface area contributed by atoms with E-state index in [1.54, 1.807) is 0 Å². The highest BCUT2D eigenvalue weighted by molar-refractivity contribution is 6.28. The number of hydrogen-bond acceptors (Lipinski definition) is 3. The van der Waals surface area contributed by atoms with Crippen LogP contribution in [0.3, 0.4) is 0 Å². The number of rotatable bonds is 2. The van der Waals surface area contributed by atoms with Crippen LogP contribution in [0.1, 0.15) is 31.7 Å². The molecule has 1 heterocycles. The molecule has 0 atom stereocenters. The van der Waals surface area contributed by atoms with Gasteiger partial charge in [0.2, 0.25) is 5.28 Å². The van der Waals surface area contributed by atoms with E-state index in [0.717, 1.165) is 17.6 Å². The maximum absolute atomic E-state index is 6.09. The summed E-state index contributed by atoms with van der Waals surface area (Å²) in [7, 11) is 0. The van der Waals surface area contributed by atoms with E-state index in [1.165, 1.54) is 5.56 Å². The summed E-state index contributed by atoms with van der Waals surface area (Å²) >= 11 is 6.09. The van der Waals surface area contributed by atoms with Gasteiger partial charge in [0, 0.05) is 11.1 Å². The van der Waals surface area contributed by atoms with E-state index in [9.17, 15) is 0 Å². The van der Waals surface area contributed by atoms with Crippen molar-refractivity contribution in [3.05, 3.63) is 59.2 Å². The van der Waals surface area contributed by atoms with Crippen LogP contribution in [0.15, 0.2) is 42.5 Å². The number of halogens is 1. The van der Waals surface area contributed by atoms with Crippen molar-refractivity contribution in [2.24, 2.45) is 5.41 Å². The Morgan fingerprint density at radius 2 is 1.68 bits per heavy atom. The number of aromatic nitrogens is 3. The molecule has 0 spiro atoms. The zero-order valence-corrected chi connectivity index (χ0v) is 13.7. The first-order chi connectivity index (χ1) is 10.4. The molecule has 112 valence electrons. The monoisotopic (exact) mass is 311 g/mol. The van der Waals surface area contributed by atoms with Crippen molar-refractivity contribution in [1.29, 1.82) is 0 Å². The Bertz CT molecular complexity index is 758. The molecule has 0 N–H and O–H groups in total. The lowest BCUT2D eigenvalue weighted by Gasteiger charge is -2.22. The quantitative estimate of drug-likeness (QED) is 0.794. The fraction of sp³-hybridized carbons (Fsp3) is 0.278. The molecule has 4 heteroatoms. The highest BCUT2D eigenvalue weighted by Crippen LogP contribution is 2.31. The van der Waals surface area contributed by atoms with Crippen LogP contribution in [0.4, 0.5) is 0 Å². The summed E-state index contributed by atoms with van der Waals surface area (Å²) in [6.07, 6.45) is 7.37. The first-order valence-corrected chi connectivity index (χ1v) is 7.69. The molecule has 1 aliphatic rings. The third-order valence-electron chi connectivity index (χ3n) is 3.74. The van der Waals surface area contributed by atoms with Crippen LogP contribution in [0.5, 0.6) is 0 Å². The van der Waals surface area contributed by atoms with Gasteiger partial charge in [-0.25, -0.2) is 4.98 Å². The maximum atomic E-state index is 6.09. The summed E-state index contributed by atoms with van der Waals surface area (Å²) in [5, 5.41) is 0.222. The minimum absolute atomic E-state index is 0.181. The van der Waals surface area contributed by atoms with Crippen LogP contribution >= 0.6 is 11.6 Å². The largest absolute Gasteiger partial charge is 0.226 e. The third kappa shape index (κ3) is 3.25. The molecular formula is C18H18ClN3. The zero-order valence-electron chi connectivity index (χ0n) is 13.0. The molecule has 1 aliphatic carbocycles. The van der Waals surface area contributed by atoms with Gasteiger partial charge in [-0.2, -0.15) is 9.97 Å². The maximum Gasteiger partial charge on any atom is 0.226 e. The van der Waals surface area contributed by atoms with Crippen LogP contribution in [-0.2, 0) is 0 Å². The van der Waals surface area contributed by atoms with Crippen LogP contribution in [0, 0.1) is 12.3 Å². The van der Waals surface area contributed by atoms with E-state index < -0.39 is 0 Å². The molecule has 0 amide bonds. The molecule has 2 aromatic rings. The average molecular weight is 312 g/mol. The molecule has 3 rings (SSSR count). The van der Waals surface area contributed by atoms with Crippen LogP contribution in [0.2, 0.25) is 5.28 Å². The minimum atomic E-state index is 0.181. The topological polar surface area (TPSA) is 38.7 Å². The number of aryl methyl sites for hydroxylation is 1. The molecule has 0 radical (unpaired) electrons. The Balaban J connectivity index is 1.99. The standard InChI is InChI=1S/C18H18ClN3/c1-12-4-6-13(7-5-12)15-20-16(22-17(19)21-15)14-8-10-18(2,3)11-9-14/h4-10H,11H2,1-3H3. The van der Waals surface area contributed by atoms with E-state index >= 15 is 0 Å². The fourth-order valence-electron chi connectivity index (χ4n) is 2.30. The third-order valence-corrected chi connectivity index (χ3v) is 3.91. The lowest BCUT2D eigenvalue weighted by molar-refractivity contribution is 0.485. The highest BCUT2D eigenvalue weighted by atomic mass is 35.5. The van der Waals surface area contributed by atoms with Crippen molar-refractivity contribution in [2.45, 2.75) is 27.2 Å². The predicted octanol–water partition coefficient (Wildman–Crippen LogP) is 4.87. The van der Waals surface area contributed by atoms with Crippen LogP contribution < -0.4 is 0 Å². The van der Waals surface area contributed by atoms with Gasteiger partial charge in [0.05, 0.1) is 0 Å². The van der Waals surface area contributed by atoms with Gasteiger partial charge in [0.15, 0.2) is 11.6 Å². The van der Waals surface area contributed by atoms with E-state index in [-0.39, 0.29) is 10.7 Å². The fourth-order valence-corrected chi connectivity index (χ4v) is 2.46. The van der Waals surface area contributed by atoms with E-state index in [0.29, 0.717) is 11.6 Å². The normalized spacial score (nSPS) is 16.5. The molecule has 0 aliphatic heterocycles. The summed E-state index contributed by atoms with van der Waals surface area (Å²) in [6, 6.07) is 8.07. The molecule has 0 saturated heterocycles. The Morgan fingerprint density at radius 3 is 2.32 bits per heavy atom. The summed E-state index contributed by atoms with van der Waals surface area (Å²) in [5.74, 6) is 1.23. The van der Waals surface area contributed by atoms with Crippen LogP contribution in [0.25, 0.3) is 17.0 Å². The molecule has 0 saturated carbocycles. The number of allylic oxidation sites excluding steroid dienone is 4. The Hall–Kier alpha value is -2.00. The van der Waals surface area contributed by atoms with Crippen molar-refractivity contribution in [3.63, 3.8) is 0 Å². The second-order valence-corrected chi connectivity index (χ2v) is 6.64. The molecule has 0 unspecified atom stereocenters. The lowest BCUT2D eigenvalue weighted by Crippen LogP contribution is -2.10. The summed E-state index contributed by atoms with van der Waals surface area (Å²) in [6.45, 7) is 6.46. The first-order valence-electron chi connectivity index (χ1n) is 7.31. The number of nitrogens with zero attached hydrogens (tertiary/aromatic N) is 3. The van der Waals surface area contributed by atoms with Gasteiger partial charge in [-0.3, -0.25) is 0 Å². The van der Waals surface area contributed by atoms with Gasteiger partial charge >= 0.3 is 0 Å². The molecule has 3 nitrogen and oxygen atoms in total. The Labute approximate surface area is 135 Å².